The van der Waals surface area contributed by atoms with Gasteiger partial charge in [0.2, 0.25) is 5.91 Å². The monoisotopic (exact) mass is 298 g/mol. The van der Waals surface area contributed by atoms with E-state index in [2.05, 4.69) is 29.6 Å². The smallest absolute Gasteiger partial charge is 0.233 e. The molecule has 1 atom stereocenters. The summed E-state index contributed by atoms with van der Waals surface area (Å²) in [4.78, 5) is 11.0. The molecular formula is C15H23ClN2O2. The molecular weight excluding hydrogens is 276 g/mol. The number of hydrogen-bond donors (Lipinski definition) is 2. The largest absolute Gasteiger partial charge is 0.373 e. The van der Waals surface area contributed by atoms with E-state index in [1.54, 1.807) is 0 Å². The van der Waals surface area contributed by atoms with Gasteiger partial charge in [-0.3, -0.25) is 4.79 Å². The van der Waals surface area contributed by atoms with E-state index in [4.69, 9.17) is 10.5 Å². The number of amides is 1. The second-order valence-electron chi connectivity index (χ2n) is 4.86. The molecule has 1 aromatic rings. The summed E-state index contributed by atoms with van der Waals surface area (Å²) in [6, 6.07) is 8.51. The fourth-order valence-electron chi connectivity index (χ4n) is 2.48. The number of aryl methyl sites for hydroxylation is 1. The Morgan fingerprint density at radius 1 is 1.40 bits per heavy atom. The third-order valence-corrected chi connectivity index (χ3v) is 3.46. The molecule has 3 N–H and O–H groups in total. The minimum atomic E-state index is -0.108. The number of nitrogens with two attached hydrogens (primary N) is 1. The van der Waals surface area contributed by atoms with Crippen molar-refractivity contribution < 1.29 is 9.53 Å². The average Bonchev–Trinajstić information content (AvgIpc) is 2.46. The van der Waals surface area contributed by atoms with E-state index in [0.29, 0.717) is 13.2 Å². The number of carbonyl (C=O) groups is 1. The maximum atomic E-state index is 11.0. The van der Waals surface area contributed by atoms with Crippen LogP contribution in [0.1, 0.15) is 36.5 Å². The summed E-state index contributed by atoms with van der Waals surface area (Å²) in [5, 5.41) is 2.75. The number of benzene rings is 1. The van der Waals surface area contributed by atoms with E-state index < -0.39 is 0 Å². The summed E-state index contributed by atoms with van der Waals surface area (Å²) < 4.78 is 5.94. The molecule has 1 unspecified atom stereocenters. The first kappa shape index (κ1) is 17.0. The van der Waals surface area contributed by atoms with Crippen LogP contribution < -0.4 is 11.1 Å². The van der Waals surface area contributed by atoms with Crippen molar-refractivity contribution in [1.82, 2.24) is 5.32 Å². The average molecular weight is 299 g/mol. The molecule has 0 radical (unpaired) electrons. The van der Waals surface area contributed by atoms with Crippen molar-refractivity contribution in [1.29, 1.82) is 0 Å². The van der Waals surface area contributed by atoms with E-state index in [1.807, 2.05) is 0 Å². The predicted molar refractivity (Wildman–Crippen MR) is 82.0 cm³/mol. The van der Waals surface area contributed by atoms with E-state index >= 15 is 0 Å². The number of ether oxygens (including phenoxy) is 1. The van der Waals surface area contributed by atoms with Crippen LogP contribution in [0.4, 0.5) is 0 Å². The van der Waals surface area contributed by atoms with Crippen LogP contribution >= 0.6 is 12.4 Å². The molecule has 0 heterocycles. The van der Waals surface area contributed by atoms with Crippen molar-refractivity contribution in [2.45, 2.75) is 31.8 Å². The van der Waals surface area contributed by atoms with E-state index in [-0.39, 0.29) is 31.0 Å². The van der Waals surface area contributed by atoms with Gasteiger partial charge >= 0.3 is 0 Å². The van der Waals surface area contributed by atoms with Gasteiger partial charge in [0.25, 0.3) is 0 Å². The van der Waals surface area contributed by atoms with Gasteiger partial charge in [-0.25, -0.2) is 0 Å². The van der Waals surface area contributed by atoms with Gasteiger partial charge in [0, 0.05) is 13.2 Å². The molecule has 20 heavy (non-hydrogen) atoms. The van der Waals surface area contributed by atoms with Crippen LogP contribution in [0.5, 0.6) is 0 Å². The molecule has 0 saturated heterocycles. The zero-order valence-corrected chi connectivity index (χ0v) is 12.5. The van der Waals surface area contributed by atoms with Crippen LogP contribution in [0.2, 0.25) is 0 Å². The second-order valence-corrected chi connectivity index (χ2v) is 4.86. The lowest BCUT2D eigenvalue weighted by atomic mass is 9.89. The molecule has 1 aliphatic rings. The molecule has 1 aromatic carbocycles. The van der Waals surface area contributed by atoms with E-state index in [9.17, 15) is 4.79 Å². The summed E-state index contributed by atoms with van der Waals surface area (Å²) in [7, 11) is 0. The lowest BCUT2D eigenvalue weighted by molar-refractivity contribution is -0.119. The maximum absolute atomic E-state index is 11.0. The summed E-state index contributed by atoms with van der Waals surface area (Å²) in [6.45, 7) is 1.35. The number of rotatable bonds is 6. The normalized spacial score (nSPS) is 16.9. The topological polar surface area (TPSA) is 64.4 Å². The zero-order valence-electron chi connectivity index (χ0n) is 11.6. The molecule has 0 bridgehead atoms. The molecule has 1 aliphatic carbocycles. The van der Waals surface area contributed by atoms with Crippen LogP contribution in [-0.4, -0.2) is 25.6 Å². The fraction of sp³-hybridized carbons (Fsp3) is 0.533. The summed E-state index contributed by atoms with van der Waals surface area (Å²) in [5.41, 5.74) is 7.96. The Kier molecular flexibility index (Phi) is 7.59. The highest BCUT2D eigenvalue weighted by molar-refractivity contribution is 5.85. The van der Waals surface area contributed by atoms with Crippen LogP contribution in [0.25, 0.3) is 0 Å². The molecule has 0 aromatic heterocycles. The number of halogens is 1. The Hall–Kier alpha value is -1.10. The molecule has 0 saturated carbocycles. The minimum absolute atomic E-state index is 0. The van der Waals surface area contributed by atoms with Gasteiger partial charge in [-0.1, -0.05) is 24.3 Å². The third-order valence-electron chi connectivity index (χ3n) is 3.46. The lowest BCUT2D eigenvalue weighted by Crippen LogP contribution is -2.31. The number of nitrogens with one attached hydrogen (secondary N) is 1. The third kappa shape index (κ3) is 4.78. The highest BCUT2D eigenvalue weighted by Crippen LogP contribution is 2.32. The van der Waals surface area contributed by atoms with Crippen molar-refractivity contribution in [2.75, 3.05) is 19.7 Å². The van der Waals surface area contributed by atoms with Gasteiger partial charge in [0.1, 0.15) is 0 Å². The number of carbonyl (C=O) groups excluding carboxylic acids is 1. The first-order valence-electron chi connectivity index (χ1n) is 6.97. The second kappa shape index (κ2) is 8.95. The van der Waals surface area contributed by atoms with Crippen LogP contribution in [0.15, 0.2) is 24.3 Å². The molecule has 1 amide bonds. The van der Waals surface area contributed by atoms with Crippen LogP contribution in [-0.2, 0) is 16.0 Å². The SMILES string of the molecule is Cl.NCC(=O)NCCCOC1CCCc2ccccc21. The quantitative estimate of drug-likeness (QED) is 0.789. The Balaban J connectivity index is 0.00000200. The highest BCUT2D eigenvalue weighted by Gasteiger charge is 2.19. The van der Waals surface area contributed by atoms with Crippen LogP contribution in [0.3, 0.4) is 0 Å². The van der Waals surface area contributed by atoms with E-state index in [1.165, 1.54) is 17.5 Å². The Morgan fingerprint density at radius 2 is 2.20 bits per heavy atom. The van der Waals surface area contributed by atoms with Crippen LogP contribution in [0, 0.1) is 0 Å². The van der Waals surface area contributed by atoms with Crippen molar-refractivity contribution in [3.8, 4) is 0 Å². The number of fused-ring (bicyclic) bond motifs is 1. The predicted octanol–water partition coefficient (Wildman–Crippen LogP) is 1.97. The fourth-order valence-corrected chi connectivity index (χ4v) is 2.48. The Morgan fingerprint density at radius 3 is 3.00 bits per heavy atom. The lowest BCUT2D eigenvalue weighted by Gasteiger charge is -2.25. The Labute approximate surface area is 126 Å². The van der Waals surface area contributed by atoms with Crippen molar-refractivity contribution in [2.24, 2.45) is 5.73 Å². The van der Waals surface area contributed by atoms with Gasteiger partial charge in [-0.05, 0) is 36.8 Å². The van der Waals surface area contributed by atoms with Gasteiger partial charge in [-0.15, -0.1) is 12.4 Å². The molecule has 112 valence electrons. The molecule has 0 spiro atoms. The maximum Gasteiger partial charge on any atom is 0.233 e. The standard InChI is InChI=1S/C15H22N2O2.ClH/c16-11-15(18)17-9-4-10-19-14-8-3-6-12-5-1-2-7-13(12)14;/h1-2,5,7,14H,3-4,6,8-11,16H2,(H,17,18);1H. The Bertz CT molecular complexity index is 426. The first-order valence-corrected chi connectivity index (χ1v) is 6.97. The minimum Gasteiger partial charge on any atom is -0.373 e. The van der Waals surface area contributed by atoms with Crippen molar-refractivity contribution >= 4 is 18.3 Å². The summed E-state index contributed by atoms with van der Waals surface area (Å²) in [6.07, 6.45) is 4.47. The van der Waals surface area contributed by atoms with Gasteiger partial charge in [0.05, 0.1) is 12.6 Å². The molecule has 0 fully saturated rings. The van der Waals surface area contributed by atoms with Gasteiger partial charge in [0.15, 0.2) is 0 Å². The first-order chi connectivity index (χ1) is 9.31. The highest BCUT2D eigenvalue weighted by atomic mass is 35.5. The van der Waals surface area contributed by atoms with Gasteiger partial charge in [-0.2, -0.15) is 0 Å². The van der Waals surface area contributed by atoms with Gasteiger partial charge < -0.3 is 15.8 Å². The molecule has 2 rings (SSSR count). The van der Waals surface area contributed by atoms with Crippen molar-refractivity contribution in [3.63, 3.8) is 0 Å². The molecule has 4 nitrogen and oxygen atoms in total. The van der Waals surface area contributed by atoms with E-state index in [0.717, 1.165) is 19.3 Å². The molecule has 5 heteroatoms. The molecule has 0 aliphatic heterocycles. The number of hydrogen-bond acceptors (Lipinski definition) is 3. The summed E-state index contributed by atoms with van der Waals surface area (Å²) in [5.74, 6) is -0.108. The van der Waals surface area contributed by atoms with Crippen molar-refractivity contribution in [3.05, 3.63) is 35.4 Å². The zero-order chi connectivity index (χ0) is 13.5. The summed E-state index contributed by atoms with van der Waals surface area (Å²) >= 11 is 0.